The van der Waals surface area contributed by atoms with Crippen molar-refractivity contribution in [2.24, 2.45) is 34.5 Å². The SMILES string of the molecule is C[C@]12CCC3C(C1CCC2CO)[C@H](O)CC1=CC(=O)CC[C@@]13C. The molecule has 3 saturated carbocycles. The summed E-state index contributed by atoms with van der Waals surface area (Å²) in [6.07, 6.45) is 8.38. The lowest BCUT2D eigenvalue weighted by atomic mass is 9.46. The first-order valence-corrected chi connectivity index (χ1v) is 9.43. The molecule has 3 heteroatoms. The van der Waals surface area contributed by atoms with Crippen LogP contribution >= 0.6 is 0 Å². The first-order chi connectivity index (χ1) is 10.9. The molecule has 0 bridgehead atoms. The molecule has 0 aromatic rings. The normalized spacial score (nSPS) is 52.4. The van der Waals surface area contributed by atoms with Crippen LogP contribution in [0.5, 0.6) is 0 Å². The summed E-state index contributed by atoms with van der Waals surface area (Å²) in [5.74, 6) is 2.02. The van der Waals surface area contributed by atoms with E-state index in [1.54, 1.807) is 0 Å². The van der Waals surface area contributed by atoms with Gasteiger partial charge in [0, 0.05) is 13.0 Å². The van der Waals surface area contributed by atoms with Crippen molar-refractivity contribution in [2.75, 3.05) is 6.61 Å². The molecule has 0 saturated heterocycles. The second-order valence-corrected chi connectivity index (χ2v) is 9.12. The summed E-state index contributed by atoms with van der Waals surface area (Å²) in [5, 5.41) is 20.7. The summed E-state index contributed by atoms with van der Waals surface area (Å²) in [6.45, 7) is 4.99. The van der Waals surface area contributed by atoms with Gasteiger partial charge >= 0.3 is 0 Å². The molecule has 0 amide bonds. The van der Waals surface area contributed by atoms with Gasteiger partial charge in [0.05, 0.1) is 6.10 Å². The van der Waals surface area contributed by atoms with E-state index in [0.717, 1.165) is 32.1 Å². The molecule has 0 aromatic carbocycles. The van der Waals surface area contributed by atoms with Crippen LogP contribution in [0, 0.1) is 34.5 Å². The minimum absolute atomic E-state index is 0.108. The van der Waals surface area contributed by atoms with Gasteiger partial charge in [-0.25, -0.2) is 0 Å². The number of hydrogen-bond acceptors (Lipinski definition) is 3. The molecule has 128 valence electrons. The molecule has 4 aliphatic carbocycles. The molecular formula is C20H30O3. The standard InChI is InChI=1S/C20H30O3/c1-19-8-6-16-18(15(19)4-3-12(19)11-21)17(23)10-13-9-14(22)5-7-20(13,16)2/h9,12,15-18,21,23H,3-8,10-11H2,1-2H3/t12?,15?,16?,17-,18?,19-,20+/m1/s1. The Morgan fingerprint density at radius 3 is 2.70 bits per heavy atom. The Morgan fingerprint density at radius 2 is 1.96 bits per heavy atom. The van der Waals surface area contributed by atoms with E-state index in [-0.39, 0.29) is 29.3 Å². The number of hydrogen-bond donors (Lipinski definition) is 2. The quantitative estimate of drug-likeness (QED) is 0.781. The van der Waals surface area contributed by atoms with Crippen molar-refractivity contribution in [1.82, 2.24) is 0 Å². The van der Waals surface area contributed by atoms with Gasteiger partial charge in [-0.2, -0.15) is 0 Å². The highest BCUT2D eigenvalue weighted by Crippen LogP contribution is 2.66. The molecule has 2 N–H and O–H groups in total. The van der Waals surface area contributed by atoms with Gasteiger partial charge in [-0.05, 0) is 79.1 Å². The lowest BCUT2D eigenvalue weighted by Gasteiger charge is -2.59. The number of fused-ring (bicyclic) bond motifs is 5. The molecule has 0 heterocycles. The Labute approximate surface area is 139 Å². The van der Waals surface area contributed by atoms with Crippen molar-refractivity contribution >= 4 is 5.78 Å². The molecule has 4 rings (SSSR count). The van der Waals surface area contributed by atoms with E-state index in [4.69, 9.17) is 0 Å². The van der Waals surface area contributed by atoms with E-state index in [2.05, 4.69) is 13.8 Å². The van der Waals surface area contributed by atoms with Gasteiger partial charge in [0.25, 0.3) is 0 Å². The second kappa shape index (κ2) is 5.16. The molecular weight excluding hydrogens is 288 g/mol. The Balaban J connectivity index is 1.71. The van der Waals surface area contributed by atoms with Crippen molar-refractivity contribution in [2.45, 2.75) is 64.9 Å². The largest absolute Gasteiger partial charge is 0.396 e. The Bertz CT molecular complexity index is 553. The summed E-state index contributed by atoms with van der Waals surface area (Å²) in [7, 11) is 0. The molecule has 0 spiro atoms. The molecule has 4 unspecified atom stereocenters. The van der Waals surface area contributed by atoms with Crippen molar-refractivity contribution in [3.8, 4) is 0 Å². The van der Waals surface area contributed by atoms with E-state index in [0.29, 0.717) is 36.5 Å². The zero-order valence-electron chi connectivity index (χ0n) is 14.4. The molecule has 3 fully saturated rings. The van der Waals surface area contributed by atoms with Crippen LogP contribution in [0.3, 0.4) is 0 Å². The van der Waals surface area contributed by atoms with Crippen LogP contribution in [0.4, 0.5) is 0 Å². The van der Waals surface area contributed by atoms with Gasteiger partial charge < -0.3 is 10.2 Å². The van der Waals surface area contributed by atoms with Crippen molar-refractivity contribution in [1.29, 1.82) is 0 Å². The van der Waals surface area contributed by atoms with Crippen molar-refractivity contribution in [3.63, 3.8) is 0 Å². The smallest absolute Gasteiger partial charge is 0.155 e. The number of aliphatic hydroxyl groups excluding tert-OH is 2. The van der Waals surface area contributed by atoms with E-state index < -0.39 is 0 Å². The maximum atomic E-state index is 11.9. The molecule has 0 radical (unpaired) electrons. The Hall–Kier alpha value is -0.670. The van der Waals surface area contributed by atoms with Gasteiger partial charge in [-0.15, -0.1) is 0 Å². The average Bonchev–Trinajstić information content (AvgIpc) is 2.85. The van der Waals surface area contributed by atoms with E-state index in [1.165, 1.54) is 5.57 Å². The minimum Gasteiger partial charge on any atom is -0.396 e. The zero-order valence-corrected chi connectivity index (χ0v) is 14.4. The van der Waals surface area contributed by atoms with Gasteiger partial charge in [-0.1, -0.05) is 19.4 Å². The molecule has 7 atom stereocenters. The predicted molar refractivity (Wildman–Crippen MR) is 88.7 cm³/mol. The highest BCUT2D eigenvalue weighted by atomic mass is 16.3. The Kier molecular flexibility index (Phi) is 3.55. The van der Waals surface area contributed by atoms with Crippen LogP contribution in [-0.2, 0) is 4.79 Å². The highest BCUT2D eigenvalue weighted by molar-refractivity contribution is 5.91. The number of rotatable bonds is 1. The number of carbonyl (C=O) groups excluding carboxylic acids is 1. The third-order valence-corrected chi connectivity index (χ3v) is 8.40. The van der Waals surface area contributed by atoms with Crippen LogP contribution in [-0.4, -0.2) is 28.7 Å². The monoisotopic (exact) mass is 318 g/mol. The van der Waals surface area contributed by atoms with Crippen LogP contribution in [0.1, 0.15) is 58.8 Å². The summed E-state index contributed by atoms with van der Waals surface area (Å²) in [5.41, 5.74) is 1.51. The van der Waals surface area contributed by atoms with Crippen LogP contribution < -0.4 is 0 Å². The first-order valence-electron chi connectivity index (χ1n) is 9.43. The summed E-state index contributed by atoms with van der Waals surface area (Å²) < 4.78 is 0. The third kappa shape index (κ3) is 2.05. The topological polar surface area (TPSA) is 57.5 Å². The molecule has 23 heavy (non-hydrogen) atoms. The van der Waals surface area contributed by atoms with E-state index >= 15 is 0 Å². The van der Waals surface area contributed by atoms with Gasteiger partial charge in [-0.3, -0.25) is 4.79 Å². The summed E-state index contributed by atoms with van der Waals surface area (Å²) in [4.78, 5) is 11.9. The van der Waals surface area contributed by atoms with Crippen LogP contribution in [0.2, 0.25) is 0 Å². The molecule has 0 aromatic heterocycles. The zero-order chi connectivity index (χ0) is 16.4. The minimum atomic E-state index is -0.313. The fourth-order valence-corrected chi connectivity index (χ4v) is 6.94. The van der Waals surface area contributed by atoms with E-state index in [9.17, 15) is 15.0 Å². The fraction of sp³-hybridized carbons (Fsp3) is 0.850. The van der Waals surface area contributed by atoms with Gasteiger partial charge in [0.2, 0.25) is 0 Å². The first kappa shape index (κ1) is 15.8. The predicted octanol–water partition coefficient (Wildman–Crippen LogP) is 3.10. The summed E-state index contributed by atoms with van der Waals surface area (Å²) >= 11 is 0. The van der Waals surface area contributed by atoms with Crippen LogP contribution in [0.25, 0.3) is 0 Å². The van der Waals surface area contributed by atoms with E-state index in [1.807, 2.05) is 6.08 Å². The van der Waals surface area contributed by atoms with Gasteiger partial charge in [0.1, 0.15) is 0 Å². The fourth-order valence-electron chi connectivity index (χ4n) is 6.94. The van der Waals surface area contributed by atoms with Gasteiger partial charge in [0.15, 0.2) is 5.78 Å². The molecule has 4 aliphatic rings. The maximum Gasteiger partial charge on any atom is 0.155 e. The number of ketones is 1. The number of aliphatic hydroxyl groups is 2. The second-order valence-electron chi connectivity index (χ2n) is 9.12. The molecule has 0 aliphatic heterocycles. The maximum absolute atomic E-state index is 11.9. The highest BCUT2D eigenvalue weighted by Gasteiger charge is 2.61. The Morgan fingerprint density at radius 1 is 1.17 bits per heavy atom. The summed E-state index contributed by atoms with van der Waals surface area (Å²) in [6, 6.07) is 0. The lowest BCUT2D eigenvalue weighted by molar-refractivity contribution is -0.124. The lowest BCUT2D eigenvalue weighted by Crippen LogP contribution is -2.55. The van der Waals surface area contributed by atoms with Crippen molar-refractivity contribution in [3.05, 3.63) is 11.6 Å². The average molecular weight is 318 g/mol. The third-order valence-electron chi connectivity index (χ3n) is 8.40. The number of carbonyl (C=O) groups is 1. The van der Waals surface area contributed by atoms with Crippen molar-refractivity contribution < 1.29 is 15.0 Å². The molecule has 3 nitrogen and oxygen atoms in total. The van der Waals surface area contributed by atoms with Crippen LogP contribution in [0.15, 0.2) is 11.6 Å².